The molecular weight excluding hydrogens is 424 g/mol. The van der Waals surface area contributed by atoms with Gasteiger partial charge < -0.3 is 9.16 Å². The lowest BCUT2D eigenvalue weighted by Crippen LogP contribution is -2.66. The van der Waals surface area contributed by atoms with E-state index in [1.165, 1.54) is 23.2 Å². The predicted octanol–water partition coefficient (Wildman–Crippen LogP) is 6.10. The quantitative estimate of drug-likeness (QED) is 0.241. The smallest absolute Gasteiger partial charge is 0.306 e. The van der Waals surface area contributed by atoms with Crippen molar-refractivity contribution < 1.29 is 14.0 Å². The highest BCUT2D eigenvalue weighted by Gasteiger charge is 2.51. The van der Waals surface area contributed by atoms with Gasteiger partial charge >= 0.3 is 5.97 Å². The summed E-state index contributed by atoms with van der Waals surface area (Å²) in [6.45, 7) is 13.6. The molecule has 0 saturated heterocycles. The maximum absolute atomic E-state index is 11.9. The molecular formula is C29H42O3Si. The molecule has 2 aromatic carbocycles. The van der Waals surface area contributed by atoms with Crippen molar-refractivity contribution >= 4 is 24.7 Å². The van der Waals surface area contributed by atoms with Crippen LogP contribution in [0.3, 0.4) is 0 Å². The first-order valence-electron chi connectivity index (χ1n) is 12.5. The highest BCUT2D eigenvalue weighted by Crippen LogP contribution is 2.45. The van der Waals surface area contributed by atoms with E-state index in [1.807, 2.05) is 20.8 Å². The van der Waals surface area contributed by atoms with Gasteiger partial charge in [-0.25, -0.2) is 0 Å². The number of esters is 1. The van der Waals surface area contributed by atoms with E-state index in [1.54, 1.807) is 0 Å². The summed E-state index contributed by atoms with van der Waals surface area (Å²) in [5.41, 5.74) is -0.392. The van der Waals surface area contributed by atoms with Crippen LogP contribution in [0.4, 0.5) is 0 Å². The van der Waals surface area contributed by atoms with Gasteiger partial charge in [0.2, 0.25) is 0 Å². The lowest BCUT2D eigenvalue weighted by molar-refractivity contribution is -0.154. The normalized spacial score (nSPS) is 18.7. The average molecular weight is 467 g/mol. The molecule has 1 fully saturated rings. The van der Waals surface area contributed by atoms with Gasteiger partial charge in [-0.2, -0.15) is 0 Å². The number of unbranched alkanes of at least 4 members (excludes halogenated alkanes) is 1. The Labute approximate surface area is 202 Å². The first kappa shape index (κ1) is 25.7. The third kappa shape index (κ3) is 6.80. The number of hydrogen-bond acceptors (Lipinski definition) is 3. The fourth-order valence-corrected chi connectivity index (χ4v) is 9.55. The molecule has 0 unspecified atom stereocenters. The molecule has 0 amide bonds. The average Bonchev–Trinajstić information content (AvgIpc) is 3.49. The monoisotopic (exact) mass is 466 g/mol. The van der Waals surface area contributed by atoms with E-state index in [0.29, 0.717) is 12.3 Å². The van der Waals surface area contributed by atoms with Crippen LogP contribution in [0.5, 0.6) is 0 Å². The number of benzene rings is 2. The minimum Gasteiger partial charge on any atom is -0.460 e. The van der Waals surface area contributed by atoms with E-state index in [2.05, 4.69) is 81.4 Å². The number of carbonyl (C=O) groups excluding carboxylic acids is 1. The molecule has 0 bridgehead atoms. The second-order valence-electron chi connectivity index (χ2n) is 11.6. The van der Waals surface area contributed by atoms with Gasteiger partial charge in [-0.3, -0.25) is 4.79 Å². The second-order valence-corrected chi connectivity index (χ2v) is 15.9. The van der Waals surface area contributed by atoms with Crippen LogP contribution in [0.1, 0.15) is 73.6 Å². The van der Waals surface area contributed by atoms with Crippen molar-refractivity contribution in [2.75, 3.05) is 6.61 Å². The molecule has 0 N–H and O–H groups in total. The van der Waals surface area contributed by atoms with Crippen LogP contribution in [-0.2, 0) is 14.0 Å². The molecule has 3 rings (SSSR count). The molecule has 0 heterocycles. The highest BCUT2D eigenvalue weighted by atomic mass is 28.4. The SMILES string of the molecule is CC(C)(C)OC(=O)CCCC[C@@H]1C[C@H]1CO[Si](c1ccccc1)(c1ccccc1)C(C)(C)C. The molecule has 2 aromatic rings. The summed E-state index contributed by atoms with van der Waals surface area (Å²) < 4.78 is 12.5. The molecule has 33 heavy (non-hydrogen) atoms. The van der Waals surface area contributed by atoms with E-state index in [0.717, 1.165) is 25.4 Å². The molecule has 1 saturated carbocycles. The Balaban J connectivity index is 1.60. The molecule has 4 heteroatoms. The van der Waals surface area contributed by atoms with E-state index < -0.39 is 13.9 Å². The third-order valence-corrected chi connectivity index (χ3v) is 11.6. The van der Waals surface area contributed by atoms with Crippen molar-refractivity contribution in [1.82, 2.24) is 0 Å². The molecule has 3 nitrogen and oxygen atoms in total. The van der Waals surface area contributed by atoms with Crippen molar-refractivity contribution in [3.05, 3.63) is 60.7 Å². The van der Waals surface area contributed by atoms with Crippen molar-refractivity contribution in [2.24, 2.45) is 11.8 Å². The van der Waals surface area contributed by atoms with Gasteiger partial charge in [0.1, 0.15) is 5.60 Å². The Hall–Kier alpha value is -1.91. The second kappa shape index (κ2) is 10.6. The van der Waals surface area contributed by atoms with Crippen LogP contribution in [0.2, 0.25) is 5.04 Å². The predicted molar refractivity (Wildman–Crippen MR) is 139 cm³/mol. The molecule has 180 valence electrons. The van der Waals surface area contributed by atoms with Crippen molar-refractivity contribution in [3.8, 4) is 0 Å². The zero-order valence-electron chi connectivity index (χ0n) is 21.4. The number of hydrogen-bond donors (Lipinski definition) is 0. The zero-order chi connectivity index (χ0) is 24.1. The topological polar surface area (TPSA) is 35.5 Å². The lowest BCUT2D eigenvalue weighted by Gasteiger charge is -2.43. The first-order valence-corrected chi connectivity index (χ1v) is 14.4. The molecule has 1 aliphatic carbocycles. The Morgan fingerprint density at radius 2 is 1.39 bits per heavy atom. The Morgan fingerprint density at radius 3 is 1.88 bits per heavy atom. The number of carbonyl (C=O) groups is 1. The van der Waals surface area contributed by atoms with E-state index in [9.17, 15) is 4.79 Å². The standard InChI is InChI=1S/C29H42O3Si/c1-28(2,3)32-27(30)20-14-13-15-23-21-24(23)22-31-33(29(4,5)6,25-16-9-7-10-17-25)26-18-11-8-12-19-26/h7-12,16-19,23-24H,13-15,20-22H2,1-6H3/t23-,24+/m1/s1. The number of rotatable bonds is 10. The van der Waals surface area contributed by atoms with Gasteiger partial charge in [-0.1, -0.05) is 94.3 Å². The molecule has 0 spiro atoms. The largest absolute Gasteiger partial charge is 0.460 e. The van der Waals surface area contributed by atoms with Crippen molar-refractivity contribution in [1.29, 1.82) is 0 Å². The fourth-order valence-electron chi connectivity index (χ4n) is 4.93. The van der Waals surface area contributed by atoms with Gasteiger partial charge in [0.15, 0.2) is 0 Å². The Bertz CT molecular complexity index is 841. The van der Waals surface area contributed by atoms with Gasteiger partial charge in [0, 0.05) is 13.0 Å². The van der Waals surface area contributed by atoms with Crippen LogP contribution in [0, 0.1) is 11.8 Å². The summed E-state index contributed by atoms with van der Waals surface area (Å²) in [4.78, 5) is 11.9. The minimum absolute atomic E-state index is 0.0213. The van der Waals surface area contributed by atoms with Crippen molar-refractivity contribution in [2.45, 2.75) is 84.3 Å². The van der Waals surface area contributed by atoms with Crippen molar-refractivity contribution in [3.63, 3.8) is 0 Å². The summed E-state index contributed by atoms with van der Waals surface area (Å²) in [6, 6.07) is 21.8. The summed E-state index contributed by atoms with van der Waals surface area (Å²) in [5.74, 6) is 1.28. The Morgan fingerprint density at radius 1 is 0.848 bits per heavy atom. The number of ether oxygens (including phenoxy) is 1. The van der Waals surface area contributed by atoms with E-state index >= 15 is 0 Å². The molecule has 0 aromatic heterocycles. The van der Waals surface area contributed by atoms with Gasteiger partial charge in [0.05, 0.1) is 0 Å². The summed E-state index contributed by atoms with van der Waals surface area (Å²) in [6.07, 6.45) is 4.93. The third-order valence-electron chi connectivity index (χ3n) is 6.63. The van der Waals surface area contributed by atoms with E-state index in [-0.39, 0.29) is 11.0 Å². The summed E-state index contributed by atoms with van der Waals surface area (Å²) in [7, 11) is -2.44. The molecule has 1 aliphatic rings. The van der Waals surface area contributed by atoms with Gasteiger partial charge in [0.25, 0.3) is 8.32 Å². The van der Waals surface area contributed by atoms with Gasteiger partial charge in [-0.05, 0) is 60.9 Å². The molecule has 0 radical (unpaired) electrons. The van der Waals surface area contributed by atoms with Gasteiger partial charge in [-0.15, -0.1) is 0 Å². The molecule has 0 aliphatic heterocycles. The summed E-state index contributed by atoms with van der Waals surface area (Å²) in [5, 5.41) is 2.71. The lowest BCUT2D eigenvalue weighted by atomic mass is 10.1. The first-order chi connectivity index (χ1) is 15.5. The highest BCUT2D eigenvalue weighted by molar-refractivity contribution is 6.99. The maximum atomic E-state index is 11.9. The van der Waals surface area contributed by atoms with E-state index in [4.69, 9.17) is 9.16 Å². The Kier molecular flexibility index (Phi) is 8.23. The fraction of sp³-hybridized carbons (Fsp3) is 0.552. The zero-order valence-corrected chi connectivity index (χ0v) is 22.4. The maximum Gasteiger partial charge on any atom is 0.306 e. The van der Waals surface area contributed by atoms with Crippen LogP contribution in [-0.4, -0.2) is 26.5 Å². The molecule has 2 atom stereocenters. The minimum atomic E-state index is -2.44. The van der Waals surface area contributed by atoms with Crippen LogP contribution < -0.4 is 10.4 Å². The van der Waals surface area contributed by atoms with Crippen LogP contribution in [0.15, 0.2) is 60.7 Å². The van der Waals surface area contributed by atoms with Crippen LogP contribution >= 0.6 is 0 Å². The van der Waals surface area contributed by atoms with Crippen LogP contribution in [0.25, 0.3) is 0 Å². The summed E-state index contributed by atoms with van der Waals surface area (Å²) >= 11 is 0.